The van der Waals surface area contributed by atoms with E-state index in [9.17, 15) is 19.2 Å². The van der Waals surface area contributed by atoms with Crippen LogP contribution in [0.2, 0.25) is 0 Å². The molecule has 0 aliphatic rings. The fourth-order valence-electron chi connectivity index (χ4n) is 2.60. The molecule has 0 bridgehead atoms. The quantitative estimate of drug-likeness (QED) is 0.414. The summed E-state index contributed by atoms with van der Waals surface area (Å²) >= 11 is 0. The van der Waals surface area contributed by atoms with Crippen LogP contribution in [0.25, 0.3) is 0 Å². The first-order valence-corrected chi connectivity index (χ1v) is 8.91. The lowest BCUT2D eigenvalue weighted by Crippen LogP contribution is -2.51. The molecule has 0 spiro atoms. The van der Waals surface area contributed by atoms with Gasteiger partial charge >= 0.3 is 5.97 Å². The zero-order valence-corrected chi connectivity index (χ0v) is 15.9. The van der Waals surface area contributed by atoms with Gasteiger partial charge < -0.3 is 25.6 Å². The highest BCUT2D eigenvalue weighted by Crippen LogP contribution is 2.09. The molecule has 154 valence electrons. The van der Waals surface area contributed by atoms with Crippen molar-refractivity contribution in [2.24, 2.45) is 0 Å². The van der Waals surface area contributed by atoms with Gasteiger partial charge in [-0.05, 0) is 5.56 Å². The first kappa shape index (κ1) is 21.6. The van der Waals surface area contributed by atoms with E-state index in [1.165, 1.54) is 6.92 Å². The summed E-state index contributed by atoms with van der Waals surface area (Å²) in [7, 11) is 0. The van der Waals surface area contributed by atoms with Gasteiger partial charge in [-0.15, -0.1) is 0 Å². The second-order valence-corrected chi connectivity index (χ2v) is 6.34. The largest absolute Gasteiger partial charge is 0.480 e. The maximum Gasteiger partial charge on any atom is 0.322 e. The third-order valence-corrected chi connectivity index (χ3v) is 3.97. The molecule has 1 atom stereocenters. The van der Waals surface area contributed by atoms with Gasteiger partial charge in [-0.1, -0.05) is 30.3 Å². The lowest BCUT2D eigenvalue weighted by atomic mass is 10.1. The fraction of sp³-hybridized carbons (Fsp3) is 0.316. The zero-order chi connectivity index (χ0) is 21.2. The standard InChI is InChI=1S/C19H23N5O5/c1-13(25)21-9-17(26)23-16(19(29)22-10-18(27)28)7-15-8-20-12-24(15)11-14-5-3-2-4-6-14/h2-6,8,12,16H,7,9-11H2,1H3,(H,21,25)(H,22,29)(H,23,26)(H,27,28). The summed E-state index contributed by atoms with van der Waals surface area (Å²) < 4.78 is 1.84. The summed E-state index contributed by atoms with van der Waals surface area (Å²) in [6.45, 7) is 0.938. The van der Waals surface area contributed by atoms with Gasteiger partial charge in [0.15, 0.2) is 0 Å². The molecule has 1 unspecified atom stereocenters. The number of nitrogens with one attached hydrogen (secondary N) is 3. The summed E-state index contributed by atoms with van der Waals surface area (Å²) in [5, 5.41) is 15.9. The van der Waals surface area contributed by atoms with Crippen LogP contribution >= 0.6 is 0 Å². The predicted octanol–water partition coefficient (Wildman–Crippen LogP) is -0.704. The molecule has 0 aliphatic carbocycles. The molecule has 0 radical (unpaired) electrons. The number of carbonyl (C=O) groups is 4. The van der Waals surface area contributed by atoms with Crippen molar-refractivity contribution in [3.05, 3.63) is 54.1 Å². The van der Waals surface area contributed by atoms with Crippen LogP contribution in [-0.4, -0.2) is 57.5 Å². The molecule has 0 saturated carbocycles. The highest BCUT2D eigenvalue weighted by atomic mass is 16.4. The molecule has 29 heavy (non-hydrogen) atoms. The Balaban J connectivity index is 2.11. The number of carbonyl (C=O) groups excluding carboxylic acids is 3. The second kappa shape index (κ2) is 10.6. The van der Waals surface area contributed by atoms with E-state index in [0.717, 1.165) is 5.56 Å². The molecule has 2 aromatic rings. The Labute approximate surface area is 167 Å². The monoisotopic (exact) mass is 401 g/mol. The molecule has 1 aromatic carbocycles. The van der Waals surface area contributed by atoms with Crippen molar-refractivity contribution in [2.45, 2.75) is 25.9 Å². The predicted molar refractivity (Wildman–Crippen MR) is 103 cm³/mol. The summed E-state index contributed by atoms with van der Waals surface area (Å²) in [6, 6.07) is 8.62. The van der Waals surface area contributed by atoms with E-state index < -0.39 is 30.4 Å². The van der Waals surface area contributed by atoms with Gasteiger partial charge in [0.2, 0.25) is 17.7 Å². The smallest absolute Gasteiger partial charge is 0.322 e. The van der Waals surface area contributed by atoms with Crippen LogP contribution < -0.4 is 16.0 Å². The maximum absolute atomic E-state index is 12.4. The number of hydrogen-bond acceptors (Lipinski definition) is 5. The number of imidazole rings is 1. The average molecular weight is 401 g/mol. The minimum absolute atomic E-state index is 0.101. The lowest BCUT2D eigenvalue weighted by Gasteiger charge is -2.19. The maximum atomic E-state index is 12.4. The van der Waals surface area contributed by atoms with Crippen LogP contribution in [0, 0.1) is 0 Å². The number of carboxylic acid groups (broad SMARTS) is 1. The molecule has 0 saturated heterocycles. The molecule has 2 rings (SSSR count). The van der Waals surface area contributed by atoms with Gasteiger partial charge in [0, 0.05) is 31.8 Å². The van der Waals surface area contributed by atoms with Gasteiger partial charge in [-0.2, -0.15) is 0 Å². The Kier molecular flexibility index (Phi) is 7.89. The SMILES string of the molecule is CC(=O)NCC(=O)NC(Cc1cncn1Cc1ccccc1)C(=O)NCC(=O)O. The Morgan fingerprint density at radius 1 is 1.10 bits per heavy atom. The van der Waals surface area contributed by atoms with Crippen LogP contribution in [0.5, 0.6) is 0 Å². The Morgan fingerprint density at radius 2 is 1.83 bits per heavy atom. The minimum Gasteiger partial charge on any atom is -0.480 e. The molecule has 10 nitrogen and oxygen atoms in total. The Bertz CT molecular complexity index is 865. The lowest BCUT2D eigenvalue weighted by molar-refractivity contribution is -0.138. The number of aromatic nitrogens is 2. The van der Waals surface area contributed by atoms with E-state index in [1.54, 1.807) is 12.5 Å². The van der Waals surface area contributed by atoms with Crippen molar-refractivity contribution in [3.63, 3.8) is 0 Å². The van der Waals surface area contributed by atoms with Gasteiger partial charge in [-0.25, -0.2) is 4.98 Å². The van der Waals surface area contributed by atoms with Crippen molar-refractivity contribution in [1.82, 2.24) is 25.5 Å². The molecular formula is C19H23N5O5. The number of aliphatic carboxylic acids is 1. The molecule has 10 heteroatoms. The number of nitrogens with zero attached hydrogens (tertiary/aromatic N) is 2. The fourth-order valence-corrected chi connectivity index (χ4v) is 2.60. The summed E-state index contributed by atoms with van der Waals surface area (Å²) in [5.74, 6) is -2.79. The highest BCUT2D eigenvalue weighted by Gasteiger charge is 2.23. The first-order valence-electron chi connectivity index (χ1n) is 8.91. The summed E-state index contributed by atoms with van der Waals surface area (Å²) in [5.41, 5.74) is 1.72. The van der Waals surface area contributed by atoms with Crippen molar-refractivity contribution < 1.29 is 24.3 Å². The van der Waals surface area contributed by atoms with Crippen molar-refractivity contribution >= 4 is 23.7 Å². The van der Waals surface area contributed by atoms with Crippen molar-refractivity contribution in [1.29, 1.82) is 0 Å². The first-order chi connectivity index (χ1) is 13.8. The van der Waals surface area contributed by atoms with E-state index in [4.69, 9.17) is 5.11 Å². The molecule has 1 aromatic heterocycles. The Hall–Kier alpha value is -3.69. The van der Waals surface area contributed by atoms with Gasteiger partial charge in [0.25, 0.3) is 0 Å². The number of hydrogen-bond donors (Lipinski definition) is 4. The molecule has 0 aliphatic heterocycles. The molecule has 1 heterocycles. The van der Waals surface area contributed by atoms with Crippen LogP contribution in [0.3, 0.4) is 0 Å². The normalized spacial score (nSPS) is 11.3. The van der Waals surface area contributed by atoms with Crippen LogP contribution in [0.4, 0.5) is 0 Å². The summed E-state index contributed by atoms with van der Waals surface area (Å²) in [6.07, 6.45) is 3.30. The summed E-state index contributed by atoms with van der Waals surface area (Å²) in [4.78, 5) is 50.3. The van der Waals surface area contributed by atoms with Gasteiger partial charge in [0.1, 0.15) is 12.6 Å². The number of rotatable bonds is 10. The van der Waals surface area contributed by atoms with E-state index in [-0.39, 0.29) is 18.9 Å². The van der Waals surface area contributed by atoms with Crippen LogP contribution in [0.1, 0.15) is 18.2 Å². The van der Waals surface area contributed by atoms with Crippen molar-refractivity contribution in [2.75, 3.05) is 13.1 Å². The van der Waals surface area contributed by atoms with E-state index >= 15 is 0 Å². The zero-order valence-electron chi connectivity index (χ0n) is 15.9. The molecule has 4 N–H and O–H groups in total. The van der Waals surface area contributed by atoms with Crippen LogP contribution in [0.15, 0.2) is 42.9 Å². The number of carboxylic acids is 1. The minimum atomic E-state index is -1.20. The third kappa shape index (κ3) is 7.45. The van der Waals surface area contributed by atoms with Crippen molar-refractivity contribution in [3.8, 4) is 0 Å². The van der Waals surface area contributed by atoms with Gasteiger partial charge in [0.05, 0.1) is 12.9 Å². The number of amides is 3. The third-order valence-electron chi connectivity index (χ3n) is 3.97. The van der Waals surface area contributed by atoms with Gasteiger partial charge in [-0.3, -0.25) is 19.2 Å². The van der Waals surface area contributed by atoms with E-state index in [2.05, 4.69) is 20.9 Å². The Morgan fingerprint density at radius 3 is 2.48 bits per heavy atom. The topological polar surface area (TPSA) is 142 Å². The molecular weight excluding hydrogens is 378 g/mol. The van der Waals surface area contributed by atoms with E-state index in [1.807, 2.05) is 34.9 Å². The number of benzene rings is 1. The molecule has 3 amide bonds. The molecule has 0 fully saturated rings. The van der Waals surface area contributed by atoms with Crippen LogP contribution in [-0.2, 0) is 32.1 Å². The van der Waals surface area contributed by atoms with E-state index in [0.29, 0.717) is 12.2 Å². The average Bonchev–Trinajstić information content (AvgIpc) is 3.11. The second-order valence-electron chi connectivity index (χ2n) is 6.34. The highest BCUT2D eigenvalue weighted by molar-refractivity contribution is 5.91.